The van der Waals surface area contributed by atoms with Crippen LogP contribution in [0.3, 0.4) is 0 Å². The van der Waals surface area contributed by atoms with Crippen LogP contribution >= 0.6 is 23.8 Å². The zero-order valence-corrected chi connectivity index (χ0v) is 37.4. The molecular formula is C43H52BrN4O14P. The fourth-order valence-electron chi connectivity index (χ4n) is 11.1. The molecule has 0 radical (unpaired) electrons. The Labute approximate surface area is 371 Å². The number of anilines is 1. The molecule has 10 atom stereocenters. The molecule has 7 rings (SSSR count). The number of phosphoric ester groups is 1. The highest BCUT2D eigenvalue weighted by molar-refractivity contribution is 9.09. The fourth-order valence-corrected chi connectivity index (χ4v) is 11.6. The Hall–Kier alpha value is -4.33. The number of nitrogens with one attached hydrogen (secondary N) is 3. The molecule has 18 nitrogen and oxygen atoms in total. The van der Waals surface area contributed by atoms with Crippen LogP contribution in [-0.4, -0.2) is 102 Å². The zero-order valence-electron chi connectivity index (χ0n) is 35.0. The van der Waals surface area contributed by atoms with Crippen LogP contribution in [0.2, 0.25) is 0 Å². The first-order chi connectivity index (χ1) is 29.7. The molecule has 1 aromatic carbocycles. The average molecular weight is 960 g/mol. The Bertz CT molecular complexity index is 2310. The van der Waals surface area contributed by atoms with E-state index in [0.717, 1.165) is 16.8 Å². The molecule has 0 spiro atoms. The number of carbonyl (C=O) groups excluding carboxylic acids is 5. The van der Waals surface area contributed by atoms with E-state index in [4.69, 9.17) is 14.0 Å². The molecule has 3 saturated carbocycles. The van der Waals surface area contributed by atoms with Gasteiger partial charge in [0.2, 0.25) is 17.7 Å². The Morgan fingerprint density at radius 2 is 1.89 bits per heavy atom. The summed E-state index contributed by atoms with van der Waals surface area (Å²) in [7, 11) is -5.06. The van der Waals surface area contributed by atoms with Crippen LogP contribution in [0.1, 0.15) is 75.5 Å². The van der Waals surface area contributed by atoms with Crippen molar-refractivity contribution in [3.8, 4) is 0 Å². The summed E-state index contributed by atoms with van der Waals surface area (Å²) in [4.78, 5) is 94.7. The number of ether oxygens (including phenoxy) is 2. The van der Waals surface area contributed by atoms with Gasteiger partial charge in [-0.2, -0.15) is 0 Å². The summed E-state index contributed by atoms with van der Waals surface area (Å²) in [5, 5.41) is 28.9. The highest BCUT2D eigenvalue weighted by Crippen LogP contribution is 2.70. The van der Waals surface area contributed by atoms with E-state index in [1.54, 1.807) is 36.4 Å². The van der Waals surface area contributed by atoms with E-state index in [-0.39, 0.29) is 41.7 Å². The molecule has 340 valence electrons. The largest absolute Gasteiger partial charge is 0.481 e. The first kappa shape index (κ1) is 46.7. The van der Waals surface area contributed by atoms with Crippen molar-refractivity contribution in [2.24, 2.45) is 28.6 Å². The molecule has 7 N–H and O–H groups in total. The average Bonchev–Trinajstić information content (AvgIpc) is 3.86. The van der Waals surface area contributed by atoms with Crippen molar-refractivity contribution in [3.05, 3.63) is 77.2 Å². The second kappa shape index (κ2) is 17.9. The SMILES string of the molecule is Cc1c([C@@H]2O[C@@H]3C[C@H]4[C@@H]5CCC6=CC(=O)C=C[C@]6(C)[C@H]5[C@@H](O)C[C@]4(C)[C@]3(C(=O)COP(=O)(O)O)O2)ccn1Cc1cccc(NC(=O)[C@H](CCC(=O)O)NC(=O)CNC(=O)CBr)c1. The number of carbonyl (C=O) groups is 6. The number of nitrogens with zero attached hydrogens (tertiary/aromatic N) is 1. The van der Waals surface area contributed by atoms with Gasteiger partial charge in [-0.15, -0.1) is 0 Å². The van der Waals surface area contributed by atoms with Gasteiger partial charge >= 0.3 is 13.8 Å². The molecule has 2 heterocycles. The number of aliphatic carboxylic acids is 1. The van der Waals surface area contributed by atoms with Crippen LogP contribution in [0.4, 0.5) is 5.69 Å². The third kappa shape index (κ3) is 9.03. The lowest BCUT2D eigenvalue weighted by atomic mass is 9.46. The van der Waals surface area contributed by atoms with E-state index in [9.17, 15) is 53.3 Å². The summed E-state index contributed by atoms with van der Waals surface area (Å²) in [6, 6.07) is 7.51. The van der Waals surface area contributed by atoms with Gasteiger partial charge in [0.25, 0.3) is 0 Å². The molecule has 4 fully saturated rings. The number of ketones is 2. The monoisotopic (exact) mass is 958 g/mol. The van der Waals surface area contributed by atoms with Gasteiger partial charge in [-0.3, -0.25) is 33.3 Å². The summed E-state index contributed by atoms with van der Waals surface area (Å²) in [6.07, 6.45) is 5.32. The van der Waals surface area contributed by atoms with Crippen LogP contribution in [-0.2, 0) is 53.9 Å². The molecule has 5 aliphatic rings. The van der Waals surface area contributed by atoms with Crippen molar-refractivity contribution in [3.63, 3.8) is 0 Å². The molecule has 0 bridgehead atoms. The summed E-state index contributed by atoms with van der Waals surface area (Å²) in [5.41, 5.74) is 0.0939. The van der Waals surface area contributed by atoms with Crippen molar-refractivity contribution in [2.45, 2.75) is 96.0 Å². The molecule has 4 aliphatic carbocycles. The maximum Gasteiger partial charge on any atom is 0.470 e. The van der Waals surface area contributed by atoms with Gasteiger partial charge in [-0.25, -0.2) is 4.57 Å². The Morgan fingerprint density at radius 1 is 1.13 bits per heavy atom. The number of alkyl halides is 1. The van der Waals surface area contributed by atoms with Crippen LogP contribution in [0.25, 0.3) is 0 Å². The van der Waals surface area contributed by atoms with Crippen molar-refractivity contribution in [2.75, 3.05) is 23.8 Å². The van der Waals surface area contributed by atoms with E-state index >= 15 is 0 Å². The predicted molar refractivity (Wildman–Crippen MR) is 227 cm³/mol. The van der Waals surface area contributed by atoms with Gasteiger partial charge in [-0.05, 0) is 86.8 Å². The Balaban J connectivity index is 1.10. The van der Waals surface area contributed by atoms with Crippen molar-refractivity contribution < 1.29 is 67.3 Å². The summed E-state index contributed by atoms with van der Waals surface area (Å²) in [5.74, 6) is -4.22. The molecule has 1 saturated heterocycles. The van der Waals surface area contributed by atoms with Gasteiger partial charge in [0, 0.05) is 52.9 Å². The molecule has 1 aromatic heterocycles. The molecule has 20 heteroatoms. The number of halogens is 1. The number of aliphatic hydroxyl groups is 1. The number of hydrogen-bond acceptors (Lipinski definition) is 11. The number of hydrogen-bond donors (Lipinski definition) is 7. The number of aliphatic hydroxyl groups excluding tert-OH is 1. The van der Waals surface area contributed by atoms with Crippen molar-refractivity contribution >= 4 is 64.7 Å². The van der Waals surface area contributed by atoms with Gasteiger partial charge in [0.15, 0.2) is 23.5 Å². The maximum atomic E-state index is 14.5. The molecule has 63 heavy (non-hydrogen) atoms. The first-order valence-corrected chi connectivity index (χ1v) is 23.4. The van der Waals surface area contributed by atoms with E-state index in [1.807, 2.05) is 43.7 Å². The lowest BCUT2D eigenvalue weighted by Crippen LogP contribution is -2.63. The standard InChI is InChI=1S/C43H52BrN4O14P/c1-23-28(12-14-48(23)21-24-5-4-6-26(15-24)46-39(56)31(9-10-37(54)55)47-36(53)20-45-35(52)19-44)40-61-34-17-30-29-8-7-25-16-27(49)11-13-41(25,2)38(29)32(50)18-42(30,3)43(34,62-40)33(51)22-60-63(57,58)59/h4-6,11-16,29-32,34,38,40,50H,7-10,17-22H2,1-3H3,(H,45,52)(H,46,56)(H,47,53)(H,54,55)(H2,57,58,59)/t29-,30-,31-,32-,34+,38+,40+,41-,42-,43+/m0/s1. The van der Waals surface area contributed by atoms with E-state index in [0.29, 0.717) is 37.1 Å². The van der Waals surface area contributed by atoms with E-state index < -0.39 is 97.8 Å². The minimum absolute atomic E-state index is 0.0242. The first-order valence-electron chi connectivity index (χ1n) is 20.8. The summed E-state index contributed by atoms with van der Waals surface area (Å²) in [6.45, 7) is 4.75. The number of carboxylic acid groups (broad SMARTS) is 1. The third-order valence-corrected chi connectivity index (χ3v) is 14.9. The quantitative estimate of drug-likeness (QED) is 0.0940. The van der Waals surface area contributed by atoms with Crippen LogP contribution in [0, 0.1) is 35.5 Å². The summed E-state index contributed by atoms with van der Waals surface area (Å²) < 4.78 is 32.1. The lowest BCUT2D eigenvalue weighted by molar-refractivity contribution is -0.201. The second-order valence-corrected chi connectivity index (χ2v) is 19.4. The maximum absolute atomic E-state index is 14.5. The van der Waals surface area contributed by atoms with Gasteiger partial charge in [-0.1, -0.05) is 53.6 Å². The van der Waals surface area contributed by atoms with Crippen LogP contribution < -0.4 is 16.0 Å². The molecular weight excluding hydrogens is 907 g/mol. The number of benzene rings is 1. The fraction of sp³-hybridized carbons (Fsp3) is 0.535. The highest BCUT2D eigenvalue weighted by Gasteiger charge is 2.76. The second-order valence-electron chi connectivity index (χ2n) is 17.6. The number of Topliss-reactive ketones (excluding diaryl/α,β-unsaturated/α-hetero) is 1. The van der Waals surface area contributed by atoms with Crippen LogP contribution in [0.15, 0.2) is 60.3 Å². The van der Waals surface area contributed by atoms with Crippen LogP contribution in [0.5, 0.6) is 0 Å². The van der Waals surface area contributed by atoms with E-state index in [1.165, 1.54) is 0 Å². The predicted octanol–water partition coefficient (Wildman–Crippen LogP) is 3.36. The molecule has 0 unspecified atom stereocenters. The number of amides is 3. The number of carboxylic acids is 1. The zero-order chi connectivity index (χ0) is 45.6. The lowest BCUT2D eigenvalue weighted by Gasteiger charge is -2.59. The Kier molecular flexibility index (Phi) is 13.3. The smallest absolute Gasteiger partial charge is 0.470 e. The molecule has 3 amide bonds. The highest BCUT2D eigenvalue weighted by atomic mass is 79.9. The van der Waals surface area contributed by atoms with Crippen molar-refractivity contribution in [1.29, 1.82) is 0 Å². The molecule has 2 aromatic rings. The number of fused-ring (bicyclic) bond motifs is 7. The topological polar surface area (TPSA) is 269 Å². The Morgan fingerprint density at radius 3 is 2.60 bits per heavy atom. The minimum atomic E-state index is -5.06. The molecule has 1 aliphatic heterocycles. The number of aromatic nitrogens is 1. The van der Waals surface area contributed by atoms with Gasteiger partial charge < -0.3 is 50.0 Å². The number of allylic oxidation sites excluding steroid dienone is 4. The number of rotatable bonds is 16. The summed E-state index contributed by atoms with van der Waals surface area (Å²) >= 11 is 2.98. The van der Waals surface area contributed by atoms with Gasteiger partial charge in [0.05, 0.1) is 24.1 Å². The van der Waals surface area contributed by atoms with E-state index in [2.05, 4.69) is 31.9 Å². The third-order valence-electron chi connectivity index (χ3n) is 14.0. The minimum Gasteiger partial charge on any atom is -0.481 e. The normalized spacial score (nSPS) is 31.2. The van der Waals surface area contributed by atoms with Crippen molar-refractivity contribution in [1.82, 2.24) is 15.2 Å². The van der Waals surface area contributed by atoms with Gasteiger partial charge in [0.1, 0.15) is 12.6 Å². The number of phosphoric acid groups is 1.